The third-order valence-electron chi connectivity index (χ3n) is 3.42. The number of amides is 2. The molecule has 1 heterocycles. The van der Waals surface area contributed by atoms with Gasteiger partial charge in [0.1, 0.15) is 5.75 Å². The molecular formula is C14H20N2O3S. The molecule has 1 aromatic carbocycles. The monoisotopic (exact) mass is 296 g/mol. The van der Waals surface area contributed by atoms with E-state index in [1.807, 2.05) is 11.8 Å². The molecule has 2 rings (SSSR count). The highest BCUT2D eigenvalue weighted by Crippen LogP contribution is 2.30. The minimum atomic E-state index is -0.220. The van der Waals surface area contributed by atoms with Crippen LogP contribution in [0.1, 0.15) is 6.42 Å². The Hall–Kier alpha value is -1.40. The van der Waals surface area contributed by atoms with Crippen LogP contribution >= 0.6 is 11.8 Å². The van der Waals surface area contributed by atoms with Crippen molar-refractivity contribution >= 4 is 23.5 Å². The Morgan fingerprint density at radius 2 is 2.10 bits per heavy atom. The molecule has 2 amide bonds. The first-order chi connectivity index (χ1) is 9.67. The summed E-state index contributed by atoms with van der Waals surface area (Å²) in [6, 6.07) is 6.99. The quantitative estimate of drug-likeness (QED) is 0.875. The maximum absolute atomic E-state index is 11.9. The zero-order valence-electron chi connectivity index (χ0n) is 11.8. The minimum absolute atomic E-state index is 0.219. The Kier molecular flexibility index (Phi) is 5.14. The summed E-state index contributed by atoms with van der Waals surface area (Å²) >= 11 is 1.85. The van der Waals surface area contributed by atoms with Crippen molar-refractivity contribution < 1.29 is 14.3 Å². The third-order valence-corrected chi connectivity index (χ3v) is 4.64. The van der Waals surface area contributed by atoms with Gasteiger partial charge in [-0.2, -0.15) is 11.8 Å². The van der Waals surface area contributed by atoms with Crippen LogP contribution in [-0.4, -0.2) is 43.9 Å². The molecule has 0 spiro atoms. The lowest BCUT2D eigenvalue weighted by atomic mass is 10.0. The van der Waals surface area contributed by atoms with Crippen molar-refractivity contribution in [1.82, 2.24) is 5.32 Å². The summed E-state index contributed by atoms with van der Waals surface area (Å²) in [6.07, 6.45) is 0.969. The second-order valence-electron chi connectivity index (χ2n) is 4.73. The molecule has 0 bridgehead atoms. The van der Waals surface area contributed by atoms with Gasteiger partial charge < -0.3 is 20.1 Å². The van der Waals surface area contributed by atoms with Gasteiger partial charge in [0, 0.05) is 25.1 Å². The average Bonchev–Trinajstić information content (AvgIpc) is 2.95. The molecule has 1 aliphatic heterocycles. The fourth-order valence-electron chi connectivity index (χ4n) is 2.05. The fraction of sp³-hybridized carbons (Fsp3) is 0.500. The van der Waals surface area contributed by atoms with Crippen LogP contribution in [0.5, 0.6) is 5.75 Å². The van der Waals surface area contributed by atoms with Crippen LogP contribution in [-0.2, 0) is 4.74 Å². The Labute approximate surface area is 123 Å². The van der Waals surface area contributed by atoms with E-state index in [2.05, 4.69) is 10.6 Å². The highest BCUT2D eigenvalue weighted by molar-refractivity contribution is 7.99. The smallest absolute Gasteiger partial charge is 0.319 e. The Balaban J connectivity index is 1.82. The number of methoxy groups -OCH3 is 2. The highest BCUT2D eigenvalue weighted by atomic mass is 32.2. The van der Waals surface area contributed by atoms with Gasteiger partial charge in [0.25, 0.3) is 0 Å². The fourth-order valence-corrected chi connectivity index (χ4v) is 3.45. The highest BCUT2D eigenvalue weighted by Gasteiger charge is 2.34. The Morgan fingerprint density at radius 3 is 2.65 bits per heavy atom. The molecule has 20 heavy (non-hydrogen) atoms. The lowest BCUT2D eigenvalue weighted by Gasteiger charge is -2.26. The van der Waals surface area contributed by atoms with E-state index in [9.17, 15) is 4.79 Å². The third kappa shape index (κ3) is 3.80. The van der Waals surface area contributed by atoms with Crippen molar-refractivity contribution in [3.05, 3.63) is 24.3 Å². The summed E-state index contributed by atoms with van der Waals surface area (Å²) in [4.78, 5) is 11.9. The summed E-state index contributed by atoms with van der Waals surface area (Å²) in [6.45, 7) is 0.526. The molecule has 5 nitrogen and oxygen atoms in total. The first kappa shape index (κ1) is 15.0. The van der Waals surface area contributed by atoms with Gasteiger partial charge in [0.05, 0.1) is 12.7 Å². The molecule has 0 aliphatic carbocycles. The van der Waals surface area contributed by atoms with Crippen molar-refractivity contribution in [2.75, 3.05) is 37.6 Å². The van der Waals surface area contributed by atoms with Gasteiger partial charge in [0.15, 0.2) is 0 Å². The molecular weight excluding hydrogens is 276 g/mol. The topological polar surface area (TPSA) is 59.6 Å². The van der Waals surface area contributed by atoms with E-state index in [1.165, 1.54) is 0 Å². The van der Waals surface area contributed by atoms with Gasteiger partial charge in [-0.15, -0.1) is 0 Å². The molecule has 1 atom stereocenters. The van der Waals surface area contributed by atoms with Gasteiger partial charge in [-0.25, -0.2) is 4.79 Å². The summed E-state index contributed by atoms with van der Waals surface area (Å²) in [5.74, 6) is 2.76. The van der Waals surface area contributed by atoms with Crippen LogP contribution in [0.2, 0.25) is 0 Å². The number of rotatable bonds is 5. The van der Waals surface area contributed by atoms with Crippen LogP contribution in [0, 0.1) is 0 Å². The van der Waals surface area contributed by atoms with Crippen molar-refractivity contribution in [2.24, 2.45) is 0 Å². The maximum atomic E-state index is 11.9. The molecule has 1 fully saturated rings. The molecule has 1 aromatic rings. The molecule has 6 heteroatoms. The molecule has 110 valence electrons. The Bertz CT molecular complexity index is 444. The number of carbonyl (C=O) groups excluding carboxylic acids is 1. The van der Waals surface area contributed by atoms with Gasteiger partial charge in [-0.1, -0.05) is 0 Å². The molecule has 0 radical (unpaired) electrons. The van der Waals surface area contributed by atoms with Crippen LogP contribution in [0.4, 0.5) is 10.5 Å². The predicted molar refractivity (Wildman–Crippen MR) is 81.7 cm³/mol. The number of benzene rings is 1. The molecule has 0 saturated carbocycles. The number of ether oxygens (including phenoxy) is 2. The van der Waals surface area contributed by atoms with E-state index in [-0.39, 0.29) is 11.6 Å². The van der Waals surface area contributed by atoms with E-state index in [1.54, 1.807) is 38.5 Å². The maximum Gasteiger partial charge on any atom is 0.319 e. The average molecular weight is 296 g/mol. The molecule has 0 unspecified atom stereocenters. The second kappa shape index (κ2) is 6.85. The Morgan fingerprint density at radius 1 is 1.35 bits per heavy atom. The number of carbonyl (C=O) groups is 1. The second-order valence-corrected chi connectivity index (χ2v) is 5.83. The van der Waals surface area contributed by atoms with E-state index in [0.717, 1.165) is 29.4 Å². The first-order valence-electron chi connectivity index (χ1n) is 6.49. The van der Waals surface area contributed by atoms with Gasteiger partial charge in [-0.3, -0.25) is 0 Å². The van der Waals surface area contributed by atoms with Crippen molar-refractivity contribution in [2.45, 2.75) is 12.0 Å². The van der Waals surface area contributed by atoms with Crippen molar-refractivity contribution in [3.8, 4) is 5.75 Å². The number of hydrogen-bond donors (Lipinski definition) is 2. The molecule has 1 aliphatic rings. The van der Waals surface area contributed by atoms with Crippen molar-refractivity contribution in [1.29, 1.82) is 0 Å². The molecule has 0 aromatic heterocycles. The van der Waals surface area contributed by atoms with Crippen LogP contribution in [0.25, 0.3) is 0 Å². The zero-order valence-corrected chi connectivity index (χ0v) is 12.6. The first-order valence-corrected chi connectivity index (χ1v) is 7.65. The van der Waals surface area contributed by atoms with Gasteiger partial charge in [-0.05, 0) is 36.4 Å². The van der Waals surface area contributed by atoms with E-state index < -0.39 is 0 Å². The molecule has 2 N–H and O–H groups in total. The lowest BCUT2D eigenvalue weighted by Crippen LogP contribution is -2.45. The van der Waals surface area contributed by atoms with Crippen molar-refractivity contribution in [3.63, 3.8) is 0 Å². The number of anilines is 1. The van der Waals surface area contributed by atoms with E-state index >= 15 is 0 Å². The predicted octanol–water partition coefficient (Wildman–Crippen LogP) is 2.34. The number of urea groups is 1. The summed E-state index contributed by atoms with van der Waals surface area (Å²) in [7, 11) is 3.31. The summed E-state index contributed by atoms with van der Waals surface area (Å²) in [5, 5.41) is 5.66. The van der Waals surface area contributed by atoms with Gasteiger partial charge >= 0.3 is 6.03 Å². The largest absolute Gasteiger partial charge is 0.497 e. The molecule has 1 saturated heterocycles. The van der Waals surface area contributed by atoms with Crippen LogP contribution < -0.4 is 15.4 Å². The van der Waals surface area contributed by atoms with E-state index in [0.29, 0.717) is 6.54 Å². The summed E-state index contributed by atoms with van der Waals surface area (Å²) < 4.78 is 10.6. The zero-order chi connectivity index (χ0) is 14.4. The van der Waals surface area contributed by atoms with E-state index in [4.69, 9.17) is 9.47 Å². The summed E-state index contributed by atoms with van der Waals surface area (Å²) in [5.41, 5.74) is 0.512. The van der Waals surface area contributed by atoms with Crippen LogP contribution in [0.15, 0.2) is 24.3 Å². The number of nitrogens with one attached hydrogen (secondary N) is 2. The SMILES string of the molecule is COc1ccc(NC(=O)NC[C@]2(OC)CCSC2)cc1. The van der Waals surface area contributed by atoms with Crippen LogP contribution in [0.3, 0.4) is 0 Å². The standard InChI is InChI=1S/C14H20N2O3S/c1-18-12-5-3-11(4-6-12)16-13(17)15-9-14(19-2)7-8-20-10-14/h3-6H,7-10H2,1-2H3,(H2,15,16,17)/t14-/m1/s1. The van der Waals surface area contributed by atoms with Gasteiger partial charge in [0.2, 0.25) is 0 Å². The number of thioether (sulfide) groups is 1. The normalized spacial score (nSPS) is 21.5. The lowest BCUT2D eigenvalue weighted by molar-refractivity contribution is 0.0161. The minimum Gasteiger partial charge on any atom is -0.497 e. The number of hydrogen-bond acceptors (Lipinski definition) is 4.